The molecule has 6 heteroatoms. The van der Waals surface area contributed by atoms with Gasteiger partial charge < -0.3 is 0 Å². The summed E-state index contributed by atoms with van der Waals surface area (Å²) in [7, 11) is 0. The van der Waals surface area contributed by atoms with Crippen molar-refractivity contribution >= 4 is 0 Å². The van der Waals surface area contributed by atoms with Gasteiger partial charge in [-0.2, -0.15) is 13.2 Å². The zero-order valence-corrected chi connectivity index (χ0v) is 9.67. The van der Waals surface area contributed by atoms with Crippen LogP contribution in [0.5, 0.6) is 0 Å². The maximum atomic E-state index is 12.6. The van der Waals surface area contributed by atoms with E-state index in [0.717, 1.165) is 6.42 Å². The van der Waals surface area contributed by atoms with Gasteiger partial charge in [-0.3, -0.25) is 0 Å². The predicted octanol–water partition coefficient (Wildman–Crippen LogP) is 2.91. The average Bonchev–Trinajstić information content (AvgIpc) is 2.47. The fraction of sp³-hybridized carbons (Fsp3) is 0.800. The van der Waals surface area contributed by atoms with E-state index < -0.39 is 11.9 Å². The number of halogens is 3. The number of alkyl halides is 3. The minimum absolute atomic E-state index is 0.148. The molecule has 0 aromatic carbocycles. The normalized spacial score (nSPS) is 12.4. The van der Waals surface area contributed by atoms with Crippen LogP contribution >= 0.6 is 0 Å². The Labute approximate surface area is 92.6 Å². The molecule has 0 atom stereocenters. The van der Waals surface area contributed by atoms with Crippen molar-refractivity contribution in [1.82, 2.24) is 15.0 Å². The quantitative estimate of drug-likeness (QED) is 0.803. The van der Waals surface area contributed by atoms with Crippen LogP contribution in [0.15, 0.2) is 0 Å². The molecule has 0 aliphatic rings. The number of rotatable bonds is 4. The van der Waals surface area contributed by atoms with Crippen molar-refractivity contribution in [2.75, 3.05) is 0 Å². The van der Waals surface area contributed by atoms with Crippen LogP contribution in [0.2, 0.25) is 0 Å². The van der Waals surface area contributed by atoms with Gasteiger partial charge in [-0.25, -0.2) is 4.68 Å². The van der Waals surface area contributed by atoms with Crippen LogP contribution < -0.4 is 0 Å². The summed E-state index contributed by atoms with van der Waals surface area (Å²) in [5, 5.41) is 6.82. The number of hydrogen-bond acceptors (Lipinski definition) is 2. The Morgan fingerprint density at radius 3 is 2.38 bits per heavy atom. The van der Waals surface area contributed by atoms with Gasteiger partial charge >= 0.3 is 6.18 Å². The van der Waals surface area contributed by atoms with Gasteiger partial charge in [0.25, 0.3) is 0 Å². The van der Waals surface area contributed by atoms with Crippen LogP contribution in [0.4, 0.5) is 13.2 Å². The number of nitrogens with zero attached hydrogens (tertiary/aromatic N) is 3. The van der Waals surface area contributed by atoms with Gasteiger partial charge in [-0.05, 0) is 18.8 Å². The monoisotopic (exact) mass is 235 g/mol. The summed E-state index contributed by atoms with van der Waals surface area (Å²) in [5.41, 5.74) is -0.640. The minimum Gasteiger partial charge on any atom is -0.249 e. The summed E-state index contributed by atoms with van der Waals surface area (Å²) in [5.74, 6) is 0.148. The van der Waals surface area contributed by atoms with Crippen molar-refractivity contribution in [2.45, 2.75) is 46.3 Å². The maximum Gasteiger partial charge on any atom is 0.437 e. The highest BCUT2D eigenvalue weighted by atomic mass is 19.4. The van der Waals surface area contributed by atoms with Crippen LogP contribution in [0, 0.1) is 5.92 Å². The van der Waals surface area contributed by atoms with E-state index in [9.17, 15) is 13.2 Å². The Morgan fingerprint density at radius 1 is 1.31 bits per heavy atom. The SMILES string of the molecule is CCCn1nnc(C(F)(F)F)c1CC(C)C. The third-order valence-electron chi connectivity index (χ3n) is 2.14. The zero-order chi connectivity index (χ0) is 12.3. The van der Waals surface area contributed by atoms with Crippen LogP contribution in [0.3, 0.4) is 0 Å². The number of aromatic nitrogens is 3. The molecule has 1 heterocycles. The molecule has 0 amide bonds. The Bertz CT molecular complexity index is 342. The standard InChI is InChI=1S/C10H16F3N3/c1-4-5-16-8(6-7(2)3)9(14-15-16)10(11,12)13/h7H,4-6H2,1-3H3. The molecule has 0 saturated carbocycles. The first kappa shape index (κ1) is 13.0. The molecule has 0 fully saturated rings. The van der Waals surface area contributed by atoms with E-state index in [4.69, 9.17) is 0 Å². The maximum absolute atomic E-state index is 12.6. The molecule has 0 aliphatic heterocycles. The molecule has 16 heavy (non-hydrogen) atoms. The van der Waals surface area contributed by atoms with Crippen LogP contribution in [0.1, 0.15) is 38.6 Å². The van der Waals surface area contributed by atoms with Crippen LogP contribution in [-0.4, -0.2) is 15.0 Å². The molecule has 0 saturated heterocycles. The first-order valence-corrected chi connectivity index (χ1v) is 5.35. The molecule has 1 aromatic heterocycles. The van der Waals surface area contributed by atoms with E-state index in [2.05, 4.69) is 10.3 Å². The Hall–Kier alpha value is -1.07. The zero-order valence-electron chi connectivity index (χ0n) is 9.67. The predicted molar refractivity (Wildman–Crippen MR) is 53.9 cm³/mol. The summed E-state index contributed by atoms with van der Waals surface area (Å²) in [6, 6.07) is 0. The van der Waals surface area contributed by atoms with Crippen molar-refractivity contribution in [3.05, 3.63) is 11.4 Å². The van der Waals surface area contributed by atoms with Crippen molar-refractivity contribution in [3.8, 4) is 0 Å². The largest absolute Gasteiger partial charge is 0.437 e. The summed E-state index contributed by atoms with van der Waals surface area (Å²) < 4.78 is 39.3. The van der Waals surface area contributed by atoms with Crippen molar-refractivity contribution in [1.29, 1.82) is 0 Å². The summed E-state index contributed by atoms with van der Waals surface area (Å²) in [4.78, 5) is 0. The molecule has 0 unspecified atom stereocenters. The summed E-state index contributed by atoms with van der Waals surface area (Å²) in [6.07, 6.45) is -3.32. The number of hydrogen-bond donors (Lipinski definition) is 0. The van der Waals surface area contributed by atoms with E-state index in [0.29, 0.717) is 13.0 Å². The second kappa shape index (κ2) is 4.84. The highest BCUT2D eigenvalue weighted by Crippen LogP contribution is 2.31. The minimum atomic E-state index is -4.41. The fourth-order valence-electron chi connectivity index (χ4n) is 1.53. The molecule has 3 nitrogen and oxygen atoms in total. The number of aryl methyl sites for hydroxylation is 1. The molecular weight excluding hydrogens is 219 g/mol. The molecule has 92 valence electrons. The molecule has 0 radical (unpaired) electrons. The van der Waals surface area contributed by atoms with Crippen LogP contribution in [-0.2, 0) is 19.1 Å². The lowest BCUT2D eigenvalue weighted by Crippen LogP contribution is -2.14. The van der Waals surface area contributed by atoms with E-state index in [-0.39, 0.29) is 11.6 Å². The van der Waals surface area contributed by atoms with Crippen LogP contribution in [0.25, 0.3) is 0 Å². The first-order chi connectivity index (χ1) is 7.36. The van der Waals surface area contributed by atoms with Gasteiger partial charge in [-0.1, -0.05) is 26.0 Å². The van der Waals surface area contributed by atoms with Crippen molar-refractivity contribution in [2.24, 2.45) is 5.92 Å². The van der Waals surface area contributed by atoms with E-state index >= 15 is 0 Å². The Balaban J connectivity index is 3.09. The third kappa shape index (κ3) is 2.96. The van der Waals surface area contributed by atoms with Gasteiger partial charge in [-0.15, -0.1) is 5.10 Å². The molecule has 0 spiro atoms. The second-order valence-corrected chi connectivity index (χ2v) is 4.20. The molecule has 0 bridgehead atoms. The van der Waals surface area contributed by atoms with Gasteiger partial charge in [0.15, 0.2) is 5.69 Å². The molecule has 0 N–H and O–H groups in total. The lowest BCUT2D eigenvalue weighted by Gasteiger charge is -2.10. The Kier molecular flexibility index (Phi) is 3.93. The first-order valence-electron chi connectivity index (χ1n) is 5.35. The lowest BCUT2D eigenvalue weighted by molar-refractivity contribution is -0.141. The average molecular weight is 235 g/mol. The summed E-state index contributed by atoms with van der Waals surface area (Å²) in [6.45, 7) is 6.13. The highest BCUT2D eigenvalue weighted by Gasteiger charge is 2.38. The molecular formula is C10H16F3N3. The van der Waals surface area contributed by atoms with E-state index in [1.165, 1.54) is 4.68 Å². The molecule has 1 aromatic rings. The smallest absolute Gasteiger partial charge is 0.249 e. The molecule has 1 rings (SSSR count). The third-order valence-corrected chi connectivity index (χ3v) is 2.14. The van der Waals surface area contributed by atoms with Gasteiger partial charge in [0.1, 0.15) is 0 Å². The Morgan fingerprint density at radius 2 is 1.94 bits per heavy atom. The molecule has 0 aliphatic carbocycles. The van der Waals surface area contributed by atoms with Crippen molar-refractivity contribution < 1.29 is 13.2 Å². The van der Waals surface area contributed by atoms with E-state index in [1.807, 2.05) is 20.8 Å². The van der Waals surface area contributed by atoms with Crippen molar-refractivity contribution in [3.63, 3.8) is 0 Å². The topological polar surface area (TPSA) is 30.7 Å². The summed E-state index contributed by atoms with van der Waals surface area (Å²) >= 11 is 0. The highest BCUT2D eigenvalue weighted by molar-refractivity contribution is 5.14. The van der Waals surface area contributed by atoms with Gasteiger partial charge in [0, 0.05) is 6.54 Å². The van der Waals surface area contributed by atoms with E-state index in [1.54, 1.807) is 0 Å². The fourth-order valence-corrected chi connectivity index (χ4v) is 1.53. The van der Waals surface area contributed by atoms with Gasteiger partial charge in [0.05, 0.1) is 5.69 Å². The second-order valence-electron chi connectivity index (χ2n) is 4.20. The lowest BCUT2D eigenvalue weighted by atomic mass is 10.1. The van der Waals surface area contributed by atoms with Gasteiger partial charge in [0.2, 0.25) is 0 Å².